The summed E-state index contributed by atoms with van der Waals surface area (Å²) in [4.78, 5) is 11.7. The molecule has 1 unspecified atom stereocenters. The van der Waals surface area contributed by atoms with Crippen molar-refractivity contribution in [1.82, 2.24) is 4.98 Å². The third-order valence-corrected chi connectivity index (χ3v) is 12.8. The summed E-state index contributed by atoms with van der Waals surface area (Å²) >= 11 is 1.85. The Morgan fingerprint density at radius 2 is 1.02 bits per heavy atom. The van der Waals surface area contributed by atoms with Gasteiger partial charge in [0.1, 0.15) is 5.84 Å². The van der Waals surface area contributed by atoms with E-state index < -0.39 is 0 Å². The fourth-order valence-corrected chi connectivity index (χ4v) is 9.63. The van der Waals surface area contributed by atoms with Gasteiger partial charge in [-0.2, -0.15) is 0 Å². The van der Waals surface area contributed by atoms with E-state index >= 15 is 0 Å². The molecule has 0 aliphatic rings. The van der Waals surface area contributed by atoms with Crippen LogP contribution in [-0.2, 0) is 0 Å². The van der Waals surface area contributed by atoms with Gasteiger partial charge in [0.25, 0.3) is 0 Å². The largest absolute Gasteiger partial charge is 0.383 e. The first-order valence-electron chi connectivity index (χ1n) is 21.0. The van der Waals surface area contributed by atoms with Crippen molar-refractivity contribution in [2.45, 2.75) is 12.8 Å². The van der Waals surface area contributed by atoms with Crippen molar-refractivity contribution in [3.8, 4) is 55.1 Å². The Bertz CT molecular complexity index is 3190. The molecule has 62 heavy (non-hydrogen) atoms. The highest BCUT2D eigenvalue weighted by atomic mass is 32.1. The minimum Gasteiger partial charge on any atom is -0.383 e. The summed E-state index contributed by atoms with van der Waals surface area (Å²) in [7, 11) is 0. The molecule has 0 aliphatic carbocycles. The van der Waals surface area contributed by atoms with E-state index in [1.807, 2.05) is 47.7 Å². The number of aliphatic imine (C=N–C) groups is 1. The van der Waals surface area contributed by atoms with E-state index in [9.17, 15) is 0 Å². The predicted molar refractivity (Wildman–Crippen MR) is 264 cm³/mol. The van der Waals surface area contributed by atoms with Crippen LogP contribution in [0.3, 0.4) is 0 Å². The molecule has 4 heteroatoms. The smallest absolute Gasteiger partial charge is 0.131 e. The van der Waals surface area contributed by atoms with Gasteiger partial charge in [0.15, 0.2) is 0 Å². The van der Waals surface area contributed by atoms with Crippen molar-refractivity contribution in [3.05, 3.63) is 241 Å². The average molecular weight is 814 g/mol. The van der Waals surface area contributed by atoms with Crippen LogP contribution >= 0.6 is 11.3 Å². The molecular formula is C58H43N3S. The number of pyridine rings is 1. The van der Waals surface area contributed by atoms with Gasteiger partial charge in [-0.1, -0.05) is 219 Å². The molecule has 3 nitrogen and oxygen atoms in total. The van der Waals surface area contributed by atoms with Crippen LogP contribution in [0.2, 0.25) is 0 Å². The molecule has 2 N–H and O–H groups in total. The number of allylic oxidation sites excluding steroid dienone is 1. The van der Waals surface area contributed by atoms with E-state index in [0.717, 1.165) is 50.1 Å². The van der Waals surface area contributed by atoms with Gasteiger partial charge in [0, 0.05) is 43.0 Å². The number of nitrogens with two attached hydrogens (primary N) is 1. The summed E-state index contributed by atoms with van der Waals surface area (Å²) in [5.74, 6) is 0.569. The van der Waals surface area contributed by atoms with E-state index in [4.69, 9.17) is 15.7 Å². The van der Waals surface area contributed by atoms with Crippen LogP contribution in [0.1, 0.15) is 29.5 Å². The summed E-state index contributed by atoms with van der Waals surface area (Å²) in [6.07, 6.45) is 2.22. The van der Waals surface area contributed by atoms with Crippen LogP contribution in [0.25, 0.3) is 81.8 Å². The Morgan fingerprint density at radius 1 is 0.516 bits per heavy atom. The molecule has 0 saturated carbocycles. The Labute approximate surface area is 366 Å². The van der Waals surface area contributed by atoms with Crippen molar-refractivity contribution in [1.29, 1.82) is 0 Å². The lowest BCUT2D eigenvalue weighted by molar-refractivity contribution is 0.967. The number of benzene rings is 8. The number of nitrogens with zero attached hydrogens (tertiary/aromatic N) is 2. The molecule has 0 fully saturated rings. The van der Waals surface area contributed by atoms with Crippen LogP contribution in [0.4, 0.5) is 0 Å². The molecule has 2 aromatic heterocycles. The Hall–Kier alpha value is -7.66. The zero-order valence-electron chi connectivity index (χ0n) is 34.3. The number of aromatic nitrogens is 1. The molecule has 296 valence electrons. The fourth-order valence-electron chi connectivity index (χ4n) is 8.27. The van der Waals surface area contributed by atoms with Gasteiger partial charge in [-0.15, -0.1) is 11.3 Å². The molecule has 0 saturated heterocycles. The van der Waals surface area contributed by atoms with E-state index in [0.29, 0.717) is 5.84 Å². The van der Waals surface area contributed by atoms with Crippen molar-refractivity contribution in [2.75, 3.05) is 0 Å². The number of amidine groups is 1. The number of rotatable bonds is 10. The van der Waals surface area contributed by atoms with Crippen LogP contribution in [0.5, 0.6) is 0 Å². The molecule has 0 spiro atoms. The van der Waals surface area contributed by atoms with Crippen molar-refractivity contribution in [2.24, 2.45) is 10.7 Å². The third-order valence-electron chi connectivity index (χ3n) is 11.5. The first-order valence-corrected chi connectivity index (χ1v) is 21.8. The van der Waals surface area contributed by atoms with E-state index in [-0.39, 0.29) is 5.92 Å². The maximum atomic E-state index is 6.69. The number of hydrogen-bond donors (Lipinski definition) is 1. The molecule has 10 aromatic rings. The van der Waals surface area contributed by atoms with Gasteiger partial charge in [-0.3, -0.25) is 0 Å². The summed E-state index contributed by atoms with van der Waals surface area (Å²) in [5.41, 5.74) is 21.9. The number of fused-ring (bicyclic) bond motifs is 3. The van der Waals surface area contributed by atoms with Gasteiger partial charge in [-0.05, 0) is 56.6 Å². The first kappa shape index (κ1) is 38.5. The second-order valence-corrected chi connectivity index (χ2v) is 16.6. The molecule has 0 amide bonds. The molecule has 2 heterocycles. The normalized spacial score (nSPS) is 12.5. The first-order chi connectivity index (χ1) is 30.6. The SMILES string of the molecule is CC(/C=C(\N=C(/N)c1ccccc1)c1ccc(-c2ccc3nc(-c4ccccc4)c4c(-c5ccccc5)c(-c5ccccc5)sc4c3c2)cc1)c1ccc(-c2ccccc2)cc1. The Kier molecular flexibility index (Phi) is 10.7. The lowest BCUT2D eigenvalue weighted by Crippen LogP contribution is -2.13. The van der Waals surface area contributed by atoms with Crippen molar-refractivity contribution < 1.29 is 0 Å². The minimum absolute atomic E-state index is 0.0883. The van der Waals surface area contributed by atoms with Crippen molar-refractivity contribution in [3.63, 3.8) is 0 Å². The van der Waals surface area contributed by atoms with E-state index in [1.165, 1.54) is 48.3 Å². The minimum atomic E-state index is 0.0883. The van der Waals surface area contributed by atoms with Gasteiger partial charge in [0.05, 0.1) is 16.9 Å². The maximum absolute atomic E-state index is 6.69. The molecule has 8 aromatic carbocycles. The zero-order valence-corrected chi connectivity index (χ0v) is 35.1. The molecule has 0 radical (unpaired) electrons. The second-order valence-electron chi connectivity index (χ2n) is 15.6. The Balaban J connectivity index is 1.07. The third kappa shape index (κ3) is 7.76. The lowest BCUT2D eigenvalue weighted by atomic mass is 9.94. The molecule has 0 aliphatic heterocycles. The highest BCUT2D eigenvalue weighted by molar-refractivity contribution is 7.24. The van der Waals surface area contributed by atoms with Gasteiger partial charge in [0.2, 0.25) is 0 Å². The van der Waals surface area contributed by atoms with Crippen LogP contribution in [0, 0.1) is 0 Å². The van der Waals surface area contributed by atoms with Gasteiger partial charge in [-0.25, -0.2) is 9.98 Å². The highest BCUT2D eigenvalue weighted by Crippen LogP contribution is 2.50. The van der Waals surface area contributed by atoms with Gasteiger partial charge < -0.3 is 5.73 Å². The fraction of sp³-hybridized carbons (Fsp3) is 0.0345. The van der Waals surface area contributed by atoms with Crippen LogP contribution < -0.4 is 5.73 Å². The topological polar surface area (TPSA) is 51.3 Å². The van der Waals surface area contributed by atoms with Crippen molar-refractivity contribution >= 4 is 43.9 Å². The second kappa shape index (κ2) is 17.1. The summed E-state index contributed by atoms with van der Waals surface area (Å²) in [6.45, 7) is 2.21. The molecule has 0 bridgehead atoms. The van der Waals surface area contributed by atoms with Crippen LogP contribution in [-0.4, -0.2) is 10.8 Å². The maximum Gasteiger partial charge on any atom is 0.131 e. The molecular weight excluding hydrogens is 771 g/mol. The summed E-state index contributed by atoms with van der Waals surface area (Å²) in [5, 5.41) is 2.32. The monoisotopic (exact) mass is 813 g/mol. The van der Waals surface area contributed by atoms with Crippen LogP contribution in [0.15, 0.2) is 229 Å². The number of thiophene rings is 1. The summed E-state index contributed by atoms with van der Waals surface area (Å²) in [6, 6.07) is 76.8. The summed E-state index contributed by atoms with van der Waals surface area (Å²) < 4.78 is 1.23. The highest BCUT2D eigenvalue weighted by Gasteiger charge is 2.23. The zero-order chi connectivity index (χ0) is 41.8. The standard InChI is InChI=1S/C58H43N3S/c1-39(40-27-29-42(30-28-40)41-17-7-2-8-18-41)37-52(61-58(59)48-25-15-6-16-26-48)44-33-31-43(32-34-44)49-35-36-51-50(38-49)57-54(55(60-51)46-21-11-4-12-22-46)53(45-19-9-3-10-20-45)56(62-57)47-23-13-5-14-24-47/h2-39H,1H3,(H2,59,61)/b52-37-. The van der Waals surface area contributed by atoms with E-state index in [1.54, 1.807) is 0 Å². The van der Waals surface area contributed by atoms with Gasteiger partial charge >= 0.3 is 0 Å². The Morgan fingerprint density at radius 3 is 1.65 bits per heavy atom. The molecule has 1 atom stereocenters. The quantitative estimate of drug-likeness (QED) is 0.110. The number of hydrogen-bond acceptors (Lipinski definition) is 3. The molecule has 10 rings (SSSR count). The average Bonchev–Trinajstić information content (AvgIpc) is 3.76. The lowest BCUT2D eigenvalue weighted by Gasteiger charge is -2.13. The van der Waals surface area contributed by atoms with E-state index in [2.05, 4.69) is 195 Å². The predicted octanol–water partition coefficient (Wildman–Crippen LogP) is 15.3.